The summed E-state index contributed by atoms with van der Waals surface area (Å²) in [5.74, 6) is 1.18. The number of methoxy groups -OCH3 is 1. The van der Waals surface area contributed by atoms with Gasteiger partial charge in [0.15, 0.2) is 0 Å². The van der Waals surface area contributed by atoms with E-state index >= 15 is 0 Å². The molecule has 0 aromatic heterocycles. The van der Waals surface area contributed by atoms with E-state index in [0.717, 1.165) is 16.9 Å². The van der Waals surface area contributed by atoms with E-state index < -0.39 is 0 Å². The molecule has 0 aliphatic rings. The van der Waals surface area contributed by atoms with Gasteiger partial charge >= 0.3 is 0 Å². The van der Waals surface area contributed by atoms with Crippen molar-refractivity contribution in [3.63, 3.8) is 0 Å². The van der Waals surface area contributed by atoms with Gasteiger partial charge in [0, 0.05) is 17.6 Å². The number of rotatable bonds is 5. The summed E-state index contributed by atoms with van der Waals surface area (Å²) in [6.07, 6.45) is 0. The van der Waals surface area contributed by atoms with Gasteiger partial charge in [-0.3, -0.25) is 0 Å². The van der Waals surface area contributed by atoms with Crippen molar-refractivity contribution in [3.05, 3.63) is 59.7 Å². The fourth-order valence-corrected chi connectivity index (χ4v) is 2.33. The SMILES string of the molecule is COc1cccc([C@@H](C)NC(C)c2ccccc2O)c1. The van der Waals surface area contributed by atoms with Gasteiger partial charge in [-0.2, -0.15) is 0 Å². The van der Waals surface area contributed by atoms with Gasteiger partial charge in [0.1, 0.15) is 11.5 Å². The van der Waals surface area contributed by atoms with Crippen LogP contribution in [-0.2, 0) is 0 Å². The normalized spacial score (nSPS) is 13.8. The van der Waals surface area contributed by atoms with E-state index in [2.05, 4.69) is 18.3 Å². The Kier molecular flexibility index (Phi) is 4.64. The van der Waals surface area contributed by atoms with Crippen LogP contribution in [0.3, 0.4) is 0 Å². The van der Waals surface area contributed by atoms with Crippen LogP contribution >= 0.6 is 0 Å². The molecule has 0 saturated carbocycles. The van der Waals surface area contributed by atoms with E-state index in [9.17, 15) is 5.11 Å². The molecule has 0 bridgehead atoms. The highest BCUT2D eigenvalue weighted by Gasteiger charge is 2.14. The van der Waals surface area contributed by atoms with Crippen LogP contribution in [-0.4, -0.2) is 12.2 Å². The average molecular weight is 271 g/mol. The predicted octanol–water partition coefficient (Wildman–Crippen LogP) is 3.81. The van der Waals surface area contributed by atoms with E-state index in [1.54, 1.807) is 13.2 Å². The summed E-state index contributed by atoms with van der Waals surface area (Å²) >= 11 is 0. The minimum absolute atomic E-state index is 0.0670. The van der Waals surface area contributed by atoms with Crippen molar-refractivity contribution in [1.29, 1.82) is 0 Å². The fourth-order valence-electron chi connectivity index (χ4n) is 2.33. The highest BCUT2D eigenvalue weighted by atomic mass is 16.5. The zero-order chi connectivity index (χ0) is 14.5. The lowest BCUT2D eigenvalue weighted by Gasteiger charge is -2.21. The minimum Gasteiger partial charge on any atom is -0.508 e. The molecule has 2 atom stereocenters. The van der Waals surface area contributed by atoms with Crippen molar-refractivity contribution < 1.29 is 9.84 Å². The van der Waals surface area contributed by atoms with Gasteiger partial charge in [-0.1, -0.05) is 30.3 Å². The smallest absolute Gasteiger partial charge is 0.120 e. The van der Waals surface area contributed by atoms with Gasteiger partial charge in [0.25, 0.3) is 0 Å². The monoisotopic (exact) mass is 271 g/mol. The maximum absolute atomic E-state index is 9.89. The molecule has 20 heavy (non-hydrogen) atoms. The Labute approximate surface area is 120 Å². The van der Waals surface area contributed by atoms with Gasteiger partial charge < -0.3 is 15.2 Å². The summed E-state index contributed by atoms with van der Waals surface area (Å²) in [7, 11) is 1.67. The molecule has 2 aromatic rings. The number of hydrogen-bond acceptors (Lipinski definition) is 3. The molecule has 0 spiro atoms. The van der Waals surface area contributed by atoms with E-state index in [1.807, 2.05) is 43.3 Å². The second kappa shape index (κ2) is 6.44. The molecule has 3 heteroatoms. The Bertz CT molecular complexity index is 568. The molecule has 0 saturated heterocycles. The maximum atomic E-state index is 9.89. The lowest BCUT2D eigenvalue weighted by molar-refractivity contribution is 0.411. The van der Waals surface area contributed by atoms with Crippen LogP contribution in [0.4, 0.5) is 0 Å². The zero-order valence-corrected chi connectivity index (χ0v) is 12.1. The quantitative estimate of drug-likeness (QED) is 0.868. The van der Waals surface area contributed by atoms with Gasteiger partial charge in [-0.05, 0) is 37.6 Å². The first kappa shape index (κ1) is 14.4. The van der Waals surface area contributed by atoms with Gasteiger partial charge in [0.2, 0.25) is 0 Å². The van der Waals surface area contributed by atoms with Crippen molar-refractivity contribution in [2.75, 3.05) is 7.11 Å². The first-order valence-corrected chi connectivity index (χ1v) is 6.79. The van der Waals surface area contributed by atoms with E-state index in [0.29, 0.717) is 5.75 Å². The van der Waals surface area contributed by atoms with Crippen molar-refractivity contribution in [3.8, 4) is 11.5 Å². The van der Waals surface area contributed by atoms with E-state index in [4.69, 9.17) is 4.74 Å². The number of phenolic OH excluding ortho intramolecular Hbond substituents is 1. The molecule has 106 valence electrons. The molecule has 2 N–H and O–H groups in total. The number of nitrogens with one attached hydrogen (secondary N) is 1. The largest absolute Gasteiger partial charge is 0.508 e. The third-order valence-corrected chi connectivity index (χ3v) is 3.50. The summed E-state index contributed by atoms with van der Waals surface area (Å²) in [4.78, 5) is 0. The molecule has 0 radical (unpaired) electrons. The van der Waals surface area contributed by atoms with E-state index in [-0.39, 0.29) is 12.1 Å². The highest BCUT2D eigenvalue weighted by molar-refractivity contribution is 5.35. The van der Waals surface area contributed by atoms with Crippen molar-refractivity contribution >= 4 is 0 Å². The molecule has 3 nitrogen and oxygen atoms in total. The van der Waals surface area contributed by atoms with Crippen LogP contribution in [0, 0.1) is 0 Å². The maximum Gasteiger partial charge on any atom is 0.120 e. The van der Waals surface area contributed by atoms with Crippen LogP contribution in [0.15, 0.2) is 48.5 Å². The number of aromatic hydroxyl groups is 1. The van der Waals surface area contributed by atoms with Crippen LogP contribution in [0.1, 0.15) is 37.1 Å². The number of benzene rings is 2. The number of hydrogen-bond donors (Lipinski definition) is 2. The van der Waals surface area contributed by atoms with Crippen LogP contribution in [0.25, 0.3) is 0 Å². The molecule has 0 heterocycles. The first-order valence-electron chi connectivity index (χ1n) is 6.79. The van der Waals surface area contributed by atoms with Gasteiger partial charge in [0.05, 0.1) is 7.11 Å². The van der Waals surface area contributed by atoms with Gasteiger partial charge in [-0.15, -0.1) is 0 Å². The highest BCUT2D eigenvalue weighted by Crippen LogP contribution is 2.26. The Balaban J connectivity index is 2.11. The summed E-state index contributed by atoms with van der Waals surface area (Å²) in [5, 5.41) is 13.4. The summed E-state index contributed by atoms with van der Waals surface area (Å²) in [6.45, 7) is 4.15. The standard InChI is InChI=1S/C17H21NO2/c1-12(14-7-6-8-15(11-14)20-3)18-13(2)16-9-4-5-10-17(16)19/h4-13,18-19H,1-3H3/t12-,13?/m1/s1. The minimum atomic E-state index is 0.0670. The van der Waals surface area contributed by atoms with Crippen LogP contribution in [0.2, 0.25) is 0 Å². The summed E-state index contributed by atoms with van der Waals surface area (Å²) in [5.41, 5.74) is 2.06. The summed E-state index contributed by atoms with van der Waals surface area (Å²) < 4.78 is 5.25. The number of para-hydroxylation sites is 1. The Morgan fingerprint density at radius 1 is 1.00 bits per heavy atom. The third kappa shape index (κ3) is 3.31. The predicted molar refractivity (Wildman–Crippen MR) is 81.1 cm³/mol. The van der Waals surface area contributed by atoms with Gasteiger partial charge in [-0.25, -0.2) is 0 Å². The second-order valence-corrected chi connectivity index (χ2v) is 4.95. The average Bonchev–Trinajstić information content (AvgIpc) is 2.47. The molecule has 0 amide bonds. The number of ether oxygens (including phenoxy) is 1. The Hall–Kier alpha value is -2.00. The zero-order valence-electron chi connectivity index (χ0n) is 12.1. The molecule has 2 aromatic carbocycles. The molecular weight excluding hydrogens is 250 g/mol. The first-order chi connectivity index (χ1) is 9.61. The van der Waals surface area contributed by atoms with Crippen molar-refractivity contribution in [1.82, 2.24) is 5.32 Å². The van der Waals surface area contributed by atoms with Crippen molar-refractivity contribution in [2.45, 2.75) is 25.9 Å². The number of phenols is 1. The van der Waals surface area contributed by atoms with Crippen LogP contribution in [0.5, 0.6) is 11.5 Å². The lowest BCUT2D eigenvalue weighted by Crippen LogP contribution is -2.22. The molecule has 0 aliphatic carbocycles. The molecule has 0 fully saturated rings. The summed E-state index contributed by atoms with van der Waals surface area (Å²) in [6, 6.07) is 15.7. The van der Waals surface area contributed by atoms with Crippen molar-refractivity contribution in [2.24, 2.45) is 0 Å². The fraction of sp³-hybridized carbons (Fsp3) is 0.294. The second-order valence-electron chi connectivity index (χ2n) is 4.95. The molecule has 2 rings (SSSR count). The third-order valence-electron chi connectivity index (χ3n) is 3.50. The van der Waals surface area contributed by atoms with Crippen LogP contribution < -0.4 is 10.1 Å². The Morgan fingerprint density at radius 2 is 1.75 bits per heavy atom. The Morgan fingerprint density at radius 3 is 2.45 bits per heavy atom. The lowest BCUT2D eigenvalue weighted by atomic mass is 10.0. The molecular formula is C17H21NO2. The van der Waals surface area contributed by atoms with E-state index in [1.165, 1.54) is 0 Å². The topological polar surface area (TPSA) is 41.5 Å². The molecule has 0 aliphatic heterocycles. The molecule has 1 unspecified atom stereocenters.